The number of aliphatic hydroxyl groups excluding tert-OH is 4. The zero-order valence-electron chi connectivity index (χ0n) is 19.5. The predicted molar refractivity (Wildman–Crippen MR) is 115 cm³/mol. The van der Waals surface area contributed by atoms with Gasteiger partial charge in [0.25, 0.3) is 0 Å². The zero-order chi connectivity index (χ0) is 23.0. The molecule has 0 aromatic rings. The minimum atomic E-state index is -1.99. The van der Waals surface area contributed by atoms with Gasteiger partial charge in [-0.2, -0.15) is 0 Å². The van der Waals surface area contributed by atoms with Gasteiger partial charge in [0.1, 0.15) is 20.1 Å². The average molecular weight is 421 g/mol. The van der Waals surface area contributed by atoms with Gasteiger partial charge in [-0.3, -0.25) is 0 Å². The summed E-state index contributed by atoms with van der Waals surface area (Å²) in [5.74, 6) is 0. The fourth-order valence-corrected chi connectivity index (χ4v) is 2.78. The van der Waals surface area contributed by atoms with Gasteiger partial charge in [0.05, 0.1) is 18.3 Å². The molecule has 4 atom stereocenters. The van der Waals surface area contributed by atoms with E-state index in [0.717, 1.165) is 13.0 Å². The molecule has 0 aliphatic rings. The van der Waals surface area contributed by atoms with E-state index in [4.69, 9.17) is 9.47 Å². The van der Waals surface area contributed by atoms with Crippen molar-refractivity contribution in [1.82, 2.24) is 5.32 Å². The second-order valence-corrected chi connectivity index (χ2v) is 10.1. The first-order chi connectivity index (χ1) is 13.0. The van der Waals surface area contributed by atoms with Crippen LogP contribution in [0.1, 0.15) is 61.3 Å². The Labute approximate surface area is 177 Å². The molecule has 0 heterocycles. The van der Waals surface area contributed by atoms with Crippen molar-refractivity contribution >= 4 is 7.85 Å². The van der Waals surface area contributed by atoms with Crippen molar-refractivity contribution in [1.29, 1.82) is 0 Å². The molecule has 0 aromatic heterocycles. The van der Waals surface area contributed by atoms with Gasteiger partial charge in [-0.25, -0.2) is 0 Å². The summed E-state index contributed by atoms with van der Waals surface area (Å²) in [6.07, 6.45) is -5.13. The summed E-state index contributed by atoms with van der Waals surface area (Å²) < 4.78 is 11.7. The standard InChI is InChI=1S/C20H44BNO7/c1-13(2)22-10-8-20(7,21)28-11-9-19(5,6)29-15(17(26)27)14(24)16(25)18(3,4)12-23/h13-17,22-27H,8-12,21H2,1-7H3. The molecule has 0 saturated carbocycles. The Balaban J connectivity index is 4.81. The predicted octanol–water partition coefficient (Wildman–Crippen LogP) is -0.655. The normalized spacial score (nSPS) is 18.7. The number of rotatable bonds is 15. The minimum Gasteiger partial charge on any atom is -0.396 e. The van der Waals surface area contributed by atoms with Crippen molar-refractivity contribution in [2.75, 3.05) is 19.8 Å². The van der Waals surface area contributed by atoms with E-state index in [9.17, 15) is 25.5 Å². The average Bonchev–Trinajstić information content (AvgIpc) is 2.57. The fraction of sp³-hybridized carbons (Fsp3) is 1.00. The van der Waals surface area contributed by atoms with Crippen LogP contribution >= 0.6 is 0 Å². The highest BCUT2D eigenvalue weighted by Crippen LogP contribution is 2.28. The summed E-state index contributed by atoms with van der Waals surface area (Å²) in [4.78, 5) is 0. The highest BCUT2D eigenvalue weighted by atomic mass is 16.6. The van der Waals surface area contributed by atoms with Gasteiger partial charge >= 0.3 is 0 Å². The first kappa shape index (κ1) is 28.7. The first-order valence-corrected chi connectivity index (χ1v) is 10.4. The third-order valence-electron chi connectivity index (χ3n) is 5.09. The van der Waals surface area contributed by atoms with Crippen molar-refractivity contribution in [2.45, 2.75) is 103 Å². The van der Waals surface area contributed by atoms with Gasteiger partial charge < -0.3 is 40.3 Å². The number of hydrogen-bond donors (Lipinski definition) is 6. The summed E-state index contributed by atoms with van der Waals surface area (Å²) in [7, 11) is 2.01. The van der Waals surface area contributed by atoms with Gasteiger partial charge in [-0.05, 0) is 40.2 Å². The van der Waals surface area contributed by atoms with Crippen molar-refractivity contribution in [2.24, 2.45) is 5.41 Å². The van der Waals surface area contributed by atoms with Gasteiger partial charge in [0.2, 0.25) is 0 Å². The first-order valence-electron chi connectivity index (χ1n) is 10.4. The molecular weight excluding hydrogens is 377 g/mol. The van der Waals surface area contributed by atoms with Crippen LogP contribution in [0.4, 0.5) is 0 Å². The van der Waals surface area contributed by atoms with E-state index in [0.29, 0.717) is 19.1 Å². The summed E-state index contributed by atoms with van der Waals surface area (Å²) in [6.45, 7) is 13.7. The van der Waals surface area contributed by atoms with Crippen LogP contribution in [0.5, 0.6) is 0 Å². The Morgan fingerprint density at radius 3 is 1.97 bits per heavy atom. The van der Waals surface area contributed by atoms with Gasteiger partial charge in [-0.1, -0.05) is 27.7 Å². The molecule has 0 saturated heterocycles. The zero-order valence-corrected chi connectivity index (χ0v) is 19.5. The lowest BCUT2D eigenvalue weighted by Gasteiger charge is -2.39. The van der Waals surface area contributed by atoms with E-state index in [-0.39, 0.29) is 12.1 Å². The van der Waals surface area contributed by atoms with Gasteiger partial charge in [0, 0.05) is 23.6 Å². The van der Waals surface area contributed by atoms with Crippen LogP contribution < -0.4 is 5.32 Å². The molecule has 4 unspecified atom stereocenters. The number of aliphatic hydroxyl groups is 5. The van der Waals surface area contributed by atoms with E-state index in [1.54, 1.807) is 27.7 Å². The molecule has 0 aliphatic carbocycles. The third-order valence-corrected chi connectivity index (χ3v) is 5.09. The van der Waals surface area contributed by atoms with Crippen molar-refractivity contribution in [3.8, 4) is 0 Å². The van der Waals surface area contributed by atoms with Crippen molar-refractivity contribution in [3.63, 3.8) is 0 Å². The monoisotopic (exact) mass is 421 g/mol. The highest BCUT2D eigenvalue weighted by molar-refractivity contribution is 6.14. The molecule has 0 aromatic carbocycles. The molecule has 0 radical (unpaired) electrons. The van der Waals surface area contributed by atoms with Crippen LogP contribution in [-0.2, 0) is 9.47 Å². The smallest absolute Gasteiger partial charge is 0.181 e. The molecule has 0 rings (SSSR count). The molecule has 0 fully saturated rings. The maximum Gasteiger partial charge on any atom is 0.181 e. The lowest BCUT2D eigenvalue weighted by molar-refractivity contribution is -0.243. The largest absolute Gasteiger partial charge is 0.396 e. The Hall–Kier alpha value is -0.255. The summed E-state index contributed by atoms with van der Waals surface area (Å²) in [5, 5.41) is 52.9. The molecule has 0 aliphatic heterocycles. The van der Waals surface area contributed by atoms with Gasteiger partial charge in [-0.15, -0.1) is 0 Å². The van der Waals surface area contributed by atoms with Crippen LogP contribution in [0.3, 0.4) is 0 Å². The quantitative estimate of drug-likeness (QED) is 0.152. The van der Waals surface area contributed by atoms with Crippen LogP contribution in [0, 0.1) is 5.41 Å². The Morgan fingerprint density at radius 2 is 1.52 bits per heavy atom. The molecule has 9 heteroatoms. The maximum absolute atomic E-state index is 10.4. The van der Waals surface area contributed by atoms with Crippen LogP contribution in [0.15, 0.2) is 0 Å². The molecule has 0 bridgehead atoms. The van der Waals surface area contributed by atoms with Gasteiger partial charge in [0.15, 0.2) is 6.29 Å². The topological polar surface area (TPSA) is 132 Å². The SMILES string of the molecule is BC(C)(CCNC(C)C)OCCC(C)(C)OC(C(O)O)C(O)C(O)C(C)(C)CO. The molecule has 29 heavy (non-hydrogen) atoms. The molecular formula is C20H44BNO7. The van der Waals surface area contributed by atoms with E-state index in [1.165, 1.54) is 0 Å². The highest BCUT2D eigenvalue weighted by Gasteiger charge is 2.42. The van der Waals surface area contributed by atoms with Crippen LogP contribution in [0.25, 0.3) is 0 Å². The maximum atomic E-state index is 10.4. The number of hydrogen-bond acceptors (Lipinski definition) is 8. The summed E-state index contributed by atoms with van der Waals surface area (Å²) in [5.41, 5.74) is -2.20. The number of ether oxygens (including phenoxy) is 2. The summed E-state index contributed by atoms with van der Waals surface area (Å²) >= 11 is 0. The number of nitrogens with one attached hydrogen (secondary N) is 1. The van der Waals surface area contributed by atoms with E-state index in [2.05, 4.69) is 19.2 Å². The Bertz CT molecular complexity index is 458. The molecule has 0 amide bonds. The lowest BCUT2D eigenvalue weighted by atomic mass is 9.80. The minimum absolute atomic E-state index is 0.325. The third kappa shape index (κ3) is 11.1. The second-order valence-electron chi connectivity index (χ2n) is 10.1. The Morgan fingerprint density at radius 1 is 0.966 bits per heavy atom. The molecule has 8 nitrogen and oxygen atoms in total. The van der Waals surface area contributed by atoms with Crippen LogP contribution in [-0.4, -0.2) is 94.9 Å². The Kier molecular flexibility index (Phi) is 11.8. The van der Waals surface area contributed by atoms with E-state index >= 15 is 0 Å². The van der Waals surface area contributed by atoms with E-state index < -0.39 is 35.6 Å². The van der Waals surface area contributed by atoms with E-state index in [1.807, 2.05) is 14.8 Å². The fourth-order valence-electron chi connectivity index (χ4n) is 2.78. The van der Waals surface area contributed by atoms with Crippen molar-refractivity contribution in [3.05, 3.63) is 0 Å². The molecule has 6 N–H and O–H groups in total. The lowest BCUT2D eigenvalue weighted by Crippen LogP contribution is -2.54. The summed E-state index contributed by atoms with van der Waals surface area (Å²) in [6, 6.07) is 0.414. The van der Waals surface area contributed by atoms with Crippen LogP contribution in [0.2, 0.25) is 0 Å². The molecule has 0 spiro atoms. The molecule has 174 valence electrons. The van der Waals surface area contributed by atoms with Crippen molar-refractivity contribution < 1.29 is 35.0 Å². The second kappa shape index (κ2) is 12.0.